The highest BCUT2D eigenvalue weighted by molar-refractivity contribution is 5.34. The molecule has 0 N–H and O–H groups in total. The van der Waals surface area contributed by atoms with Gasteiger partial charge in [-0.05, 0) is 62.2 Å². The van der Waals surface area contributed by atoms with Gasteiger partial charge in [0.2, 0.25) is 0 Å². The highest BCUT2D eigenvalue weighted by Gasteiger charge is 2.41. The summed E-state index contributed by atoms with van der Waals surface area (Å²) in [5, 5.41) is 0. The van der Waals surface area contributed by atoms with Crippen LogP contribution < -0.4 is 0 Å². The van der Waals surface area contributed by atoms with Crippen LogP contribution in [0, 0.1) is 29.1 Å². The van der Waals surface area contributed by atoms with E-state index < -0.39 is 0 Å². The molecule has 4 aliphatic carbocycles. The number of hydrogen-bond acceptors (Lipinski definition) is 0. The molecule has 0 radical (unpaired) electrons. The first-order valence-corrected chi connectivity index (χ1v) is 9.57. The summed E-state index contributed by atoms with van der Waals surface area (Å²) in [4.78, 5) is 0. The van der Waals surface area contributed by atoms with Gasteiger partial charge in [0, 0.05) is 5.41 Å². The monoisotopic (exact) mass is 284 g/mol. The average molecular weight is 284 g/mol. The van der Waals surface area contributed by atoms with Gasteiger partial charge in [-0.15, -0.1) is 0 Å². The Bertz CT molecular complexity index is 422. The average Bonchev–Trinajstić information content (AvgIpc) is 3.11. The van der Waals surface area contributed by atoms with Crippen molar-refractivity contribution in [3.63, 3.8) is 0 Å². The first kappa shape index (κ1) is 14.1. The van der Waals surface area contributed by atoms with Gasteiger partial charge in [-0.2, -0.15) is 0 Å². The van der Waals surface area contributed by atoms with E-state index in [9.17, 15) is 0 Å². The van der Waals surface area contributed by atoms with Crippen LogP contribution in [0.3, 0.4) is 0 Å². The van der Waals surface area contributed by atoms with Crippen molar-refractivity contribution < 1.29 is 0 Å². The molecule has 4 aliphatic rings. The molecule has 21 heavy (non-hydrogen) atoms. The zero-order valence-corrected chi connectivity index (χ0v) is 14.0. The third-order valence-electron chi connectivity index (χ3n) is 7.34. The topological polar surface area (TPSA) is 0 Å². The van der Waals surface area contributed by atoms with Crippen molar-refractivity contribution in [3.05, 3.63) is 23.3 Å². The quantitative estimate of drug-likeness (QED) is 0.523. The van der Waals surface area contributed by atoms with Crippen LogP contribution >= 0.6 is 0 Å². The Morgan fingerprint density at radius 2 is 1.14 bits per heavy atom. The lowest BCUT2D eigenvalue weighted by atomic mass is 9.74. The second kappa shape index (κ2) is 5.28. The molecule has 4 unspecified atom stereocenters. The van der Waals surface area contributed by atoms with E-state index in [1.165, 1.54) is 64.2 Å². The summed E-state index contributed by atoms with van der Waals surface area (Å²) in [5.74, 6) is 3.85. The van der Waals surface area contributed by atoms with Crippen molar-refractivity contribution in [1.82, 2.24) is 0 Å². The van der Waals surface area contributed by atoms with Crippen LogP contribution in [0.1, 0.15) is 78.1 Å². The van der Waals surface area contributed by atoms with Crippen LogP contribution in [0.4, 0.5) is 0 Å². The lowest BCUT2D eigenvalue weighted by Gasteiger charge is -2.30. The van der Waals surface area contributed by atoms with Gasteiger partial charge in [-0.1, -0.05) is 62.8 Å². The van der Waals surface area contributed by atoms with E-state index in [1.54, 1.807) is 11.1 Å². The Labute approximate surface area is 131 Å². The third kappa shape index (κ3) is 2.43. The molecule has 116 valence electrons. The zero-order valence-electron chi connectivity index (χ0n) is 14.0. The molecule has 0 nitrogen and oxygen atoms in total. The molecular weight excluding hydrogens is 252 g/mol. The van der Waals surface area contributed by atoms with Crippen LogP contribution in [-0.2, 0) is 0 Å². The number of hydrogen-bond donors (Lipinski definition) is 0. The Morgan fingerprint density at radius 3 is 1.57 bits per heavy atom. The van der Waals surface area contributed by atoms with Crippen molar-refractivity contribution in [2.45, 2.75) is 78.1 Å². The summed E-state index contributed by atoms with van der Waals surface area (Å²) < 4.78 is 0. The molecule has 4 rings (SSSR count). The maximum atomic E-state index is 2.71. The Hall–Kier alpha value is -0.520. The van der Waals surface area contributed by atoms with Gasteiger partial charge in [0.05, 0.1) is 0 Å². The number of fused-ring (bicyclic) bond motifs is 2. The van der Waals surface area contributed by atoms with Gasteiger partial charge in [-0.3, -0.25) is 0 Å². The molecule has 0 heteroatoms. The molecule has 0 spiro atoms. The van der Waals surface area contributed by atoms with Gasteiger partial charge in [0.25, 0.3) is 0 Å². The normalized spacial score (nSPS) is 39.5. The van der Waals surface area contributed by atoms with E-state index in [0.717, 1.165) is 23.7 Å². The fourth-order valence-corrected chi connectivity index (χ4v) is 5.77. The molecule has 0 aromatic rings. The van der Waals surface area contributed by atoms with E-state index >= 15 is 0 Å². The maximum Gasteiger partial charge on any atom is 0.00644 e. The second-order valence-electron chi connectivity index (χ2n) is 8.83. The molecule has 0 aromatic heterocycles. The summed E-state index contributed by atoms with van der Waals surface area (Å²) in [6.07, 6.45) is 20.1. The number of allylic oxidation sites excluding steroid dienone is 4. The van der Waals surface area contributed by atoms with Crippen molar-refractivity contribution >= 4 is 0 Å². The van der Waals surface area contributed by atoms with Crippen LogP contribution in [-0.4, -0.2) is 0 Å². The highest BCUT2D eigenvalue weighted by atomic mass is 14.5. The zero-order chi connectivity index (χ0) is 14.4. The van der Waals surface area contributed by atoms with Crippen LogP contribution in [0.2, 0.25) is 0 Å². The molecule has 0 aliphatic heterocycles. The minimum atomic E-state index is 0.356. The molecule has 4 atom stereocenters. The van der Waals surface area contributed by atoms with Crippen molar-refractivity contribution in [1.29, 1.82) is 0 Å². The fourth-order valence-electron chi connectivity index (χ4n) is 5.77. The largest absolute Gasteiger partial charge is 0.0810 e. The van der Waals surface area contributed by atoms with Crippen molar-refractivity contribution in [2.24, 2.45) is 29.1 Å². The lowest BCUT2D eigenvalue weighted by molar-refractivity contribution is 0.293. The summed E-state index contributed by atoms with van der Waals surface area (Å²) in [7, 11) is 0. The van der Waals surface area contributed by atoms with Crippen molar-refractivity contribution in [2.75, 3.05) is 0 Å². The molecule has 0 bridgehead atoms. The van der Waals surface area contributed by atoms with E-state index in [2.05, 4.69) is 26.0 Å². The smallest absolute Gasteiger partial charge is 0.00644 e. The standard InChI is InChI=1S/C21H32/c1-21(2,19-11-15-7-3-4-8-16(15)12-19)20-13-17-9-5-6-10-18(17)14-20/h11,13,15-18H,3-10,12,14H2,1-2H3. The molecule has 0 heterocycles. The molecule has 2 fully saturated rings. The van der Waals surface area contributed by atoms with Gasteiger partial charge >= 0.3 is 0 Å². The fraction of sp³-hybridized carbons (Fsp3) is 0.810. The van der Waals surface area contributed by atoms with Gasteiger partial charge in [0.15, 0.2) is 0 Å². The minimum absolute atomic E-state index is 0.356. The Balaban J connectivity index is 1.54. The summed E-state index contributed by atoms with van der Waals surface area (Å²) in [6, 6.07) is 0. The highest BCUT2D eigenvalue weighted by Crippen LogP contribution is 2.53. The summed E-state index contributed by atoms with van der Waals surface area (Å²) in [6.45, 7) is 5.05. The van der Waals surface area contributed by atoms with Crippen LogP contribution in [0.15, 0.2) is 23.3 Å². The molecule has 0 saturated heterocycles. The van der Waals surface area contributed by atoms with Gasteiger partial charge in [0.1, 0.15) is 0 Å². The van der Waals surface area contributed by atoms with Crippen molar-refractivity contribution in [3.8, 4) is 0 Å². The maximum absolute atomic E-state index is 2.71. The van der Waals surface area contributed by atoms with Gasteiger partial charge < -0.3 is 0 Å². The second-order valence-corrected chi connectivity index (χ2v) is 8.83. The van der Waals surface area contributed by atoms with E-state index in [-0.39, 0.29) is 0 Å². The minimum Gasteiger partial charge on any atom is -0.0810 e. The van der Waals surface area contributed by atoms with E-state index in [0.29, 0.717) is 5.41 Å². The van der Waals surface area contributed by atoms with E-state index in [1.807, 2.05) is 0 Å². The predicted octanol–water partition coefficient (Wildman–Crippen LogP) is 6.29. The SMILES string of the molecule is CC(C)(C1=CC2CCCCC2C1)C1=CC2CCCCC2C1. The molecule has 0 aromatic carbocycles. The molecular formula is C21H32. The molecule has 2 saturated carbocycles. The Kier molecular flexibility index (Phi) is 3.55. The third-order valence-corrected chi connectivity index (χ3v) is 7.34. The predicted molar refractivity (Wildman–Crippen MR) is 90.1 cm³/mol. The first-order chi connectivity index (χ1) is 10.1. The first-order valence-electron chi connectivity index (χ1n) is 9.57. The summed E-state index contributed by atoms with van der Waals surface area (Å²) in [5.41, 5.74) is 3.95. The van der Waals surface area contributed by atoms with Crippen LogP contribution in [0.25, 0.3) is 0 Å². The molecule has 0 amide bonds. The van der Waals surface area contributed by atoms with E-state index in [4.69, 9.17) is 0 Å². The summed E-state index contributed by atoms with van der Waals surface area (Å²) >= 11 is 0. The lowest BCUT2D eigenvalue weighted by Crippen LogP contribution is -2.18. The van der Waals surface area contributed by atoms with Crippen LogP contribution in [0.5, 0.6) is 0 Å². The number of rotatable bonds is 2. The Morgan fingerprint density at radius 1 is 0.714 bits per heavy atom. The van der Waals surface area contributed by atoms with Gasteiger partial charge in [-0.25, -0.2) is 0 Å².